The normalized spacial score (nSPS) is 12.8. The summed E-state index contributed by atoms with van der Waals surface area (Å²) in [5.74, 6) is 0.984. The highest BCUT2D eigenvalue weighted by Crippen LogP contribution is 2.26. The first-order valence-corrected chi connectivity index (χ1v) is 5.50. The topological polar surface area (TPSA) is 20.2 Å². The Kier molecular flexibility index (Phi) is 3.99. The van der Waals surface area contributed by atoms with Gasteiger partial charge in [-0.25, -0.2) is 0 Å². The molecule has 0 spiro atoms. The van der Waals surface area contributed by atoms with E-state index in [0.717, 1.165) is 19.3 Å². The average Bonchev–Trinajstić information content (AvgIpc) is 2.17. The molecule has 1 atom stereocenters. The summed E-state index contributed by atoms with van der Waals surface area (Å²) >= 11 is 0. The first kappa shape index (κ1) is 11.1. The Morgan fingerprint density at radius 1 is 1.29 bits per heavy atom. The Hall–Kier alpha value is -0.980. The monoisotopic (exact) mass is 192 g/mol. The Bertz CT molecular complexity index is 291. The zero-order valence-electron chi connectivity index (χ0n) is 9.38. The highest BCUT2D eigenvalue weighted by atomic mass is 16.3. The summed E-state index contributed by atoms with van der Waals surface area (Å²) in [5, 5.41) is 9.42. The van der Waals surface area contributed by atoms with E-state index in [1.165, 1.54) is 11.1 Å². The number of aromatic hydroxyl groups is 1. The van der Waals surface area contributed by atoms with Crippen molar-refractivity contribution in [1.29, 1.82) is 0 Å². The second-order valence-electron chi connectivity index (χ2n) is 3.94. The van der Waals surface area contributed by atoms with Gasteiger partial charge in [0.25, 0.3) is 0 Å². The predicted molar refractivity (Wildman–Crippen MR) is 60.8 cm³/mol. The third kappa shape index (κ3) is 2.50. The van der Waals surface area contributed by atoms with Crippen LogP contribution in [0.1, 0.15) is 50.7 Å². The summed E-state index contributed by atoms with van der Waals surface area (Å²) in [6.45, 7) is 6.61. The van der Waals surface area contributed by atoms with E-state index >= 15 is 0 Å². The van der Waals surface area contributed by atoms with E-state index in [1.54, 1.807) is 6.07 Å². The van der Waals surface area contributed by atoms with Crippen molar-refractivity contribution in [2.24, 2.45) is 0 Å². The lowest BCUT2D eigenvalue weighted by Crippen LogP contribution is -1.98. The van der Waals surface area contributed by atoms with Crippen molar-refractivity contribution in [2.45, 2.75) is 46.0 Å². The van der Waals surface area contributed by atoms with Gasteiger partial charge >= 0.3 is 0 Å². The maximum atomic E-state index is 9.42. The lowest BCUT2D eigenvalue weighted by Gasteiger charge is -2.14. The number of benzene rings is 1. The smallest absolute Gasteiger partial charge is 0.115 e. The largest absolute Gasteiger partial charge is 0.508 e. The second kappa shape index (κ2) is 5.04. The van der Waals surface area contributed by atoms with Crippen LogP contribution in [-0.4, -0.2) is 5.11 Å². The molecule has 0 aliphatic carbocycles. The highest BCUT2D eigenvalue weighted by Gasteiger charge is 2.08. The number of phenolic OH excluding ortho intramolecular Hbond substituents is 1. The quantitative estimate of drug-likeness (QED) is 0.768. The Morgan fingerprint density at radius 2 is 2.00 bits per heavy atom. The Balaban J connectivity index is 3.01. The van der Waals surface area contributed by atoms with Crippen LogP contribution in [0.25, 0.3) is 0 Å². The summed E-state index contributed by atoms with van der Waals surface area (Å²) < 4.78 is 0. The predicted octanol–water partition coefficient (Wildman–Crippen LogP) is 3.86. The minimum atomic E-state index is 0.389. The summed E-state index contributed by atoms with van der Waals surface area (Å²) in [6.07, 6.45) is 3.35. The zero-order valence-corrected chi connectivity index (χ0v) is 9.38. The van der Waals surface area contributed by atoms with Crippen LogP contribution in [0.15, 0.2) is 18.2 Å². The van der Waals surface area contributed by atoms with E-state index in [4.69, 9.17) is 0 Å². The third-order valence-electron chi connectivity index (χ3n) is 2.79. The Morgan fingerprint density at radius 3 is 2.57 bits per heavy atom. The molecule has 78 valence electrons. The number of rotatable bonds is 4. The van der Waals surface area contributed by atoms with Gasteiger partial charge in [0.1, 0.15) is 5.75 Å². The number of hydrogen-bond acceptors (Lipinski definition) is 1. The molecule has 1 aromatic rings. The van der Waals surface area contributed by atoms with Crippen LogP contribution in [0, 0.1) is 0 Å². The van der Waals surface area contributed by atoms with Gasteiger partial charge in [0, 0.05) is 0 Å². The molecule has 1 heteroatoms. The third-order valence-corrected chi connectivity index (χ3v) is 2.79. The summed E-state index contributed by atoms with van der Waals surface area (Å²) in [5.41, 5.74) is 2.70. The van der Waals surface area contributed by atoms with Crippen molar-refractivity contribution in [3.05, 3.63) is 29.3 Å². The average molecular weight is 192 g/mol. The van der Waals surface area contributed by atoms with Gasteiger partial charge in [0.2, 0.25) is 0 Å². The SMILES string of the molecule is CCCc1cc(O)ccc1C(C)CC. The second-order valence-corrected chi connectivity index (χ2v) is 3.94. The van der Waals surface area contributed by atoms with E-state index in [2.05, 4.69) is 26.8 Å². The first-order valence-electron chi connectivity index (χ1n) is 5.50. The van der Waals surface area contributed by atoms with Gasteiger partial charge in [-0.15, -0.1) is 0 Å². The number of hydrogen-bond donors (Lipinski definition) is 1. The fourth-order valence-electron chi connectivity index (χ4n) is 1.78. The molecule has 0 radical (unpaired) electrons. The molecule has 0 aromatic heterocycles. The molecule has 0 fully saturated rings. The molecule has 14 heavy (non-hydrogen) atoms. The first-order chi connectivity index (χ1) is 6.69. The minimum absolute atomic E-state index is 0.389. The van der Waals surface area contributed by atoms with Crippen molar-refractivity contribution in [1.82, 2.24) is 0 Å². The maximum absolute atomic E-state index is 9.42. The van der Waals surface area contributed by atoms with Crippen molar-refractivity contribution >= 4 is 0 Å². The van der Waals surface area contributed by atoms with Crippen LogP contribution < -0.4 is 0 Å². The molecule has 0 saturated carbocycles. The zero-order chi connectivity index (χ0) is 10.6. The van der Waals surface area contributed by atoms with Crippen LogP contribution in [-0.2, 0) is 6.42 Å². The molecular weight excluding hydrogens is 172 g/mol. The Labute approximate surface area is 86.8 Å². The van der Waals surface area contributed by atoms with Gasteiger partial charge < -0.3 is 5.11 Å². The molecule has 1 aromatic carbocycles. The van der Waals surface area contributed by atoms with Crippen LogP contribution in [0.4, 0.5) is 0 Å². The summed E-state index contributed by atoms with van der Waals surface area (Å²) in [6, 6.07) is 5.76. The number of aryl methyl sites for hydroxylation is 1. The van der Waals surface area contributed by atoms with Gasteiger partial charge in [-0.05, 0) is 42.0 Å². The van der Waals surface area contributed by atoms with Crippen molar-refractivity contribution in [3.63, 3.8) is 0 Å². The lowest BCUT2D eigenvalue weighted by atomic mass is 9.91. The standard InChI is InChI=1S/C13H20O/c1-4-6-11-9-12(14)7-8-13(11)10(3)5-2/h7-10,14H,4-6H2,1-3H3. The maximum Gasteiger partial charge on any atom is 0.115 e. The van der Waals surface area contributed by atoms with E-state index < -0.39 is 0 Å². The van der Waals surface area contributed by atoms with Crippen molar-refractivity contribution in [2.75, 3.05) is 0 Å². The van der Waals surface area contributed by atoms with Crippen LogP contribution in [0.5, 0.6) is 5.75 Å². The van der Waals surface area contributed by atoms with Gasteiger partial charge in [0.05, 0.1) is 0 Å². The van der Waals surface area contributed by atoms with Crippen LogP contribution in [0.2, 0.25) is 0 Å². The molecule has 0 aliphatic rings. The highest BCUT2D eigenvalue weighted by molar-refractivity contribution is 5.36. The van der Waals surface area contributed by atoms with E-state index in [-0.39, 0.29) is 0 Å². The fourth-order valence-corrected chi connectivity index (χ4v) is 1.78. The van der Waals surface area contributed by atoms with Gasteiger partial charge in [0.15, 0.2) is 0 Å². The van der Waals surface area contributed by atoms with Gasteiger partial charge in [-0.1, -0.05) is 33.3 Å². The molecule has 0 aliphatic heterocycles. The van der Waals surface area contributed by atoms with Crippen LogP contribution in [0.3, 0.4) is 0 Å². The van der Waals surface area contributed by atoms with Crippen molar-refractivity contribution < 1.29 is 5.11 Å². The fraction of sp³-hybridized carbons (Fsp3) is 0.538. The number of phenols is 1. The minimum Gasteiger partial charge on any atom is -0.508 e. The van der Waals surface area contributed by atoms with E-state index in [1.807, 2.05) is 6.07 Å². The van der Waals surface area contributed by atoms with E-state index in [0.29, 0.717) is 11.7 Å². The van der Waals surface area contributed by atoms with Gasteiger partial charge in [-0.2, -0.15) is 0 Å². The van der Waals surface area contributed by atoms with Crippen LogP contribution >= 0.6 is 0 Å². The van der Waals surface area contributed by atoms with E-state index in [9.17, 15) is 5.11 Å². The summed E-state index contributed by atoms with van der Waals surface area (Å²) in [4.78, 5) is 0. The molecule has 1 rings (SSSR count). The molecule has 1 N–H and O–H groups in total. The summed E-state index contributed by atoms with van der Waals surface area (Å²) in [7, 11) is 0. The molecule has 1 unspecified atom stereocenters. The van der Waals surface area contributed by atoms with Gasteiger partial charge in [-0.3, -0.25) is 0 Å². The molecule has 1 nitrogen and oxygen atoms in total. The molecule has 0 bridgehead atoms. The molecular formula is C13H20O. The lowest BCUT2D eigenvalue weighted by molar-refractivity contribution is 0.474. The molecule has 0 heterocycles. The molecule has 0 saturated heterocycles. The van der Waals surface area contributed by atoms with Crippen molar-refractivity contribution in [3.8, 4) is 5.75 Å². The molecule has 0 amide bonds.